The number of aromatic carboxylic acids is 1. The molecule has 72 valence electrons. The van der Waals surface area contributed by atoms with Gasteiger partial charge in [0, 0.05) is 12.6 Å². The fraction of sp³-hybridized carbons (Fsp3) is 0.286. The van der Waals surface area contributed by atoms with Crippen molar-refractivity contribution in [1.29, 1.82) is 0 Å². The zero-order chi connectivity index (χ0) is 9.84. The lowest BCUT2D eigenvalue weighted by atomic mass is 10.4. The van der Waals surface area contributed by atoms with Gasteiger partial charge in [-0.25, -0.2) is 9.18 Å². The van der Waals surface area contributed by atoms with Crippen LogP contribution in [0.1, 0.15) is 10.6 Å². The van der Waals surface area contributed by atoms with Crippen molar-refractivity contribution in [3.8, 4) is 0 Å². The fourth-order valence-electron chi connectivity index (χ4n) is 0.756. The van der Waals surface area contributed by atoms with Gasteiger partial charge in [0.2, 0.25) is 11.6 Å². The second-order valence-corrected chi connectivity index (χ2v) is 3.06. The second kappa shape index (κ2) is 4.27. The molecule has 0 radical (unpaired) electrons. The Morgan fingerprint density at radius 1 is 1.77 bits per heavy atom. The number of furan rings is 1. The van der Waals surface area contributed by atoms with Gasteiger partial charge in [-0.15, -0.1) is 0 Å². The van der Waals surface area contributed by atoms with E-state index in [2.05, 4.69) is 21.2 Å². The van der Waals surface area contributed by atoms with E-state index in [1.807, 2.05) is 0 Å². The average molecular weight is 252 g/mol. The number of rotatable bonds is 4. The molecular weight excluding hydrogens is 245 g/mol. The molecule has 1 heterocycles. The maximum Gasteiger partial charge on any atom is 0.371 e. The van der Waals surface area contributed by atoms with Crippen molar-refractivity contribution in [2.45, 2.75) is 0 Å². The minimum atomic E-state index is -1.16. The minimum absolute atomic E-state index is 0.0885. The van der Waals surface area contributed by atoms with Crippen molar-refractivity contribution in [3.05, 3.63) is 16.3 Å². The highest BCUT2D eigenvalue weighted by atomic mass is 79.9. The first kappa shape index (κ1) is 10.0. The molecule has 0 spiro atoms. The number of hydrogen-bond donors (Lipinski definition) is 2. The minimum Gasteiger partial charge on any atom is -0.475 e. The first-order valence-corrected chi connectivity index (χ1v) is 4.27. The van der Waals surface area contributed by atoms with Gasteiger partial charge < -0.3 is 14.8 Å². The Morgan fingerprint density at radius 2 is 2.46 bits per heavy atom. The summed E-state index contributed by atoms with van der Waals surface area (Å²) in [6, 6.07) is 1.31. The average Bonchev–Trinajstić information content (AvgIpc) is 2.44. The lowest BCUT2D eigenvalue weighted by Crippen LogP contribution is -2.02. The number of halogens is 2. The zero-order valence-electron chi connectivity index (χ0n) is 6.51. The number of carbonyl (C=O) groups is 1. The summed E-state index contributed by atoms with van der Waals surface area (Å²) in [4.78, 5) is 10.4. The van der Waals surface area contributed by atoms with Gasteiger partial charge in [-0.05, 0) is 15.9 Å². The molecule has 0 amide bonds. The molecular formula is C7H7BrFNO3. The molecule has 0 aliphatic heterocycles. The Bertz CT molecular complexity index is 313. The highest BCUT2D eigenvalue weighted by molar-refractivity contribution is 9.10. The third kappa shape index (κ3) is 2.45. The summed E-state index contributed by atoms with van der Waals surface area (Å²) < 4.78 is 17.1. The van der Waals surface area contributed by atoms with E-state index in [1.165, 1.54) is 6.07 Å². The summed E-state index contributed by atoms with van der Waals surface area (Å²) in [6.45, 7) is -0.458. The number of carboxylic acid groups (broad SMARTS) is 1. The van der Waals surface area contributed by atoms with Crippen molar-refractivity contribution in [3.63, 3.8) is 0 Å². The molecule has 4 nitrogen and oxygen atoms in total. The van der Waals surface area contributed by atoms with Gasteiger partial charge in [-0.2, -0.15) is 0 Å². The Labute approximate surface area is 81.9 Å². The third-order valence-electron chi connectivity index (χ3n) is 1.28. The highest BCUT2D eigenvalue weighted by Gasteiger charge is 2.13. The molecule has 0 aromatic carbocycles. The van der Waals surface area contributed by atoms with Gasteiger partial charge in [0.25, 0.3) is 0 Å². The topological polar surface area (TPSA) is 62.5 Å². The Kier molecular flexibility index (Phi) is 3.30. The predicted octanol–water partition coefficient (Wildman–Crippen LogP) is 2.12. The fourth-order valence-corrected chi connectivity index (χ4v) is 1.18. The summed E-state index contributed by atoms with van der Waals surface area (Å²) >= 11 is 3.07. The molecule has 0 fully saturated rings. The van der Waals surface area contributed by atoms with Crippen LogP contribution in [0.3, 0.4) is 0 Å². The lowest BCUT2D eigenvalue weighted by Gasteiger charge is -1.97. The first-order valence-electron chi connectivity index (χ1n) is 3.47. The largest absolute Gasteiger partial charge is 0.475 e. The van der Waals surface area contributed by atoms with Crippen molar-refractivity contribution in [1.82, 2.24) is 0 Å². The van der Waals surface area contributed by atoms with Gasteiger partial charge in [0.05, 0.1) is 4.47 Å². The molecule has 0 aliphatic rings. The quantitative estimate of drug-likeness (QED) is 0.861. The predicted molar refractivity (Wildman–Crippen MR) is 47.8 cm³/mol. The van der Waals surface area contributed by atoms with Gasteiger partial charge in [0.1, 0.15) is 6.67 Å². The van der Waals surface area contributed by atoms with Crippen molar-refractivity contribution in [2.24, 2.45) is 0 Å². The van der Waals surface area contributed by atoms with Crippen LogP contribution in [0.15, 0.2) is 15.0 Å². The molecule has 0 saturated heterocycles. The van der Waals surface area contributed by atoms with Crippen molar-refractivity contribution >= 4 is 27.8 Å². The van der Waals surface area contributed by atoms with Crippen molar-refractivity contribution in [2.75, 3.05) is 18.5 Å². The van der Waals surface area contributed by atoms with E-state index >= 15 is 0 Å². The molecule has 6 heteroatoms. The van der Waals surface area contributed by atoms with Crippen LogP contribution >= 0.6 is 15.9 Å². The van der Waals surface area contributed by atoms with E-state index in [0.29, 0.717) is 4.47 Å². The molecule has 0 aliphatic carbocycles. The smallest absolute Gasteiger partial charge is 0.371 e. The van der Waals surface area contributed by atoms with E-state index in [-0.39, 0.29) is 18.2 Å². The van der Waals surface area contributed by atoms with Crippen LogP contribution < -0.4 is 5.32 Å². The summed E-state index contributed by atoms with van der Waals surface area (Å²) in [5.41, 5.74) is 0. The highest BCUT2D eigenvalue weighted by Crippen LogP contribution is 2.26. The third-order valence-corrected chi connectivity index (χ3v) is 1.87. The molecule has 0 saturated carbocycles. The first-order chi connectivity index (χ1) is 6.15. The molecule has 1 aromatic rings. The maximum atomic E-state index is 11.7. The Balaban J connectivity index is 2.77. The van der Waals surface area contributed by atoms with Crippen LogP contribution in [-0.2, 0) is 0 Å². The lowest BCUT2D eigenvalue weighted by molar-refractivity contribution is 0.0663. The Hall–Kier alpha value is -1.04. The summed E-state index contributed by atoms with van der Waals surface area (Å²) in [7, 11) is 0. The number of anilines is 1. The van der Waals surface area contributed by atoms with E-state index in [4.69, 9.17) is 9.52 Å². The van der Waals surface area contributed by atoms with Crippen LogP contribution in [0, 0.1) is 0 Å². The van der Waals surface area contributed by atoms with Crippen LogP contribution in [0.5, 0.6) is 0 Å². The monoisotopic (exact) mass is 251 g/mol. The molecule has 1 rings (SSSR count). The zero-order valence-corrected chi connectivity index (χ0v) is 8.10. The summed E-state index contributed by atoms with van der Waals surface area (Å²) in [5.74, 6) is -1.11. The number of alkyl halides is 1. The number of hydrogen-bond acceptors (Lipinski definition) is 3. The van der Waals surface area contributed by atoms with Crippen LogP contribution in [0.4, 0.5) is 10.3 Å². The van der Waals surface area contributed by atoms with Gasteiger partial charge in [-0.1, -0.05) is 0 Å². The SMILES string of the molecule is O=C(O)c1cc(Br)c(NCCF)o1. The molecule has 2 N–H and O–H groups in total. The molecule has 0 atom stereocenters. The van der Waals surface area contributed by atoms with Gasteiger partial charge >= 0.3 is 5.97 Å². The number of carboxylic acids is 1. The summed E-state index contributed by atoms with van der Waals surface area (Å²) in [6.07, 6.45) is 0. The van der Waals surface area contributed by atoms with Crippen LogP contribution in [0.2, 0.25) is 0 Å². The van der Waals surface area contributed by atoms with E-state index < -0.39 is 12.6 Å². The maximum absolute atomic E-state index is 11.7. The molecule has 0 bridgehead atoms. The van der Waals surface area contributed by atoms with E-state index in [9.17, 15) is 9.18 Å². The van der Waals surface area contributed by atoms with Crippen LogP contribution in [0.25, 0.3) is 0 Å². The Morgan fingerprint density at radius 3 is 2.92 bits per heavy atom. The summed E-state index contributed by atoms with van der Waals surface area (Å²) in [5, 5.41) is 11.1. The van der Waals surface area contributed by atoms with Gasteiger partial charge in [0.15, 0.2) is 0 Å². The second-order valence-electron chi connectivity index (χ2n) is 2.21. The van der Waals surface area contributed by atoms with E-state index in [1.54, 1.807) is 0 Å². The molecule has 1 aromatic heterocycles. The standard InChI is InChI=1S/C7H7BrFNO3/c8-4-3-5(7(11)12)13-6(4)10-2-1-9/h3,10H,1-2H2,(H,11,12). The molecule has 0 unspecified atom stereocenters. The molecule has 13 heavy (non-hydrogen) atoms. The van der Waals surface area contributed by atoms with E-state index in [0.717, 1.165) is 0 Å². The van der Waals surface area contributed by atoms with Crippen molar-refractivity contribution < 1.29 is 18.7 Å². The van der Waals surface area contributed by atoms with Crippen LogP contribution in [-0.4, -0.2) is 24.3 Å². The number of nitrogens with one attached hydrogen (secondary N) is 1. The van der Waals surface area contributed by atoms with Gasteiger partial charge in [-0.3, -0.25) is 0 Å². The normalized spacial score (nSPS) is 10.0.